The number of thioether (sulfide) groups is 1. The number of ether oxygens (including phenoxy) is 4. The molecule has 2 aliphatic heterocycles. The molecule has 0 unspecified atom stereocenters. The largest absolute Gasteiger partial charge is 0.497 e. The number of hydrogen-bond acceptors (Lipinski definition) is 14. The van der Waals surface area contributed by atoms with Crippen LogP contribution in [-0.2, 0) is 57.9 Å². The molecule has 0 saturated carbocycles. The first-order valence-electron chi connectivity index (χ1n) is 22.1. The molecule has 0 spiro atoms. The molecule has 20 heteroatoms. The third kappa shape index (κ3) is 11.9. The smallest absolute Gasteiger partial charge is 0.436 e. The summed E-state index contributed by atoms with van der Waals surface area (Å²) < 4.78 is 27.9. The molecule has 1 fully saturated rings. The van der Waals surface area contributed by atoms with Crippen LogP contribution in [0.5, 0.6) is 5.75 Å². The summed E-state index contributed by atoms with van der Waals surface area (Å²) in [6, 6.07) is 16.5. The summed E-state index contributed by atoms with van der Waals surface area (Å²) in [5, 5.41) is 5.95. The molecule has 2 atom stereocenters. The number of benzene rings is 2. The summed E-state index contributed by atoms with van der Waals surface area (Å²) in [7, 11) is 1.57. The van der Waals surface area contributed by atoms with Gasteiger partial charge in [0.2, 0.25) is 11.5 Å². The Kier molecular flexibility index (Phi) is 14.5. The molecular formula is C49H57N8O10S2+. The highest BCUT2D eigenvalue weighted by Gasteiger charge is 2.54. The van der Waals surface area contributed by atoms with Gasteiger partial charge in [-0.15, -0.1) is 27.6 Å². The normalized spacial score (nSPS) is 16.8. The number of nitrogens with two attached hydrogens (primary N) is 1. The molecule has 69 heavy (non-hydrogen) atoms. The van der Waals surface area contributed by atoms with Crippen LogP contribution in [0.15, 0.2) is 100.0 Å². The maximum Gasteiger partial charge on any atom is 0.436 e. The minimum Gasteiger partial charge on any atom is -0.497 e. The Balaban J connectivity index is 1.11. The number of carbonyl (C=O) groups excluding carboxylic acids is 5. The Morgan fingerprint density at radius 1 is 0.913 bits per heavy atom. The fourth-order valence-electron chi connectivity index (χ4n) is 7.40. The van der Waals surface area contributed by atoms with Gasteiger partial charge in [-0.25, -0.2) is 28.6 Å². The Morgan fingerprint density at radius 2 is 1.59 bits per heavy atom. The second-order valence-corrected chi connectivity index (χ2v) is 21.2. The van der Waals surface area contributed by atoms with Gasteiger partial charge >= 0.3 is 23.7 Å². The lowest BCUT2D eigenvalue weighted by molar-refractivity contribution is -0.661. The lowest BCUT2D eigenvalue weighted by atomic mass is 9.89. The number of thiazole rings is 1. The third-order valence-corrected chi connectivity index (χ3v) is 13.0. The van der Waals surface area contributed by atoms with Crippen molar-refractivity contribution in [3.05, 3.63) is 117 Å². The lowest BCUT2D eigenvalue weighted by Gasteiger charge is -2.49. The predicted molar refractivity (Wildman–Crippen MR) is 259 cm³/mol. The number of hydrogen-bond donors (Lipinski definition) is 1. The summed E-state index contributed by atoms with van der Waals surface area (Å²) >= 11 is 2.76. The van der Waals surface area contributed by atoms with E-state index in [0.29, 0.717) is 34.2 Å². The molecule has 2 aromatic carbocycles. The van der Waals surface area contributed by atoms with E-state index < -0.39 is 57.8 Å². The van der Waals surface area contributed by atoms with Gasteiger partial charge in [0.1, 0.15) is 53.5 Å². The predicted octanol–water partition coefficient (Wildman–Crippen LogP) is 6.52. The topological polar surface area (TPSA) is 212 Å². The van der Waals surface area contributed by atoms with E-state index in [1.807, 2.05) is 46.0 Å². The number of Topliss-reactive ketones (excluding diaryl/α,β-unsaturated/α-hetero) is 1. The van der Waals surface area contributed by atoms with Crippen molar-refractivity contribution in [3.8, 4) is 5.75 Å². The van der Waals surface area contributed by atoms with Crippen molar-refractivity contribution in [2.24, 2.45) is 21.8 Å². The van der Waals surface area contributed by atoms with E-state index in [1.165, 1.54) is 41.8 Å². The molecule has 5 aromatic rings. The fourth-order valence-corrected chi connectivity index (χ4v) is 9.40. The SMILES string of the molecule is COc1ccc(COC(=O)C2=C(Cn3ccc4n3cc[n+]4Cc3ccc(C(N)=NC(=O)OC(C)(C)C)cc3)CS[C@@H]3[C@H](CC(=O)/C(=N\OC(C)(C)C(=O)OC(C)(C)C)c4csc(C)n4)C(=O)N23)cc1. The number of imidazole rings is 1. The second kappa shape index (κ2) is 20.0. The van der Waals surface area contributed by atoms with Crippen LogP contribution < -0.4 is 15.0 Å². The van der Waals surface area contributed by atoms with Crippen LogP contribution in [0.3, 0.4) is 0 Å². The molecule has 3 aromatic heterocycles. The third-order valence-electron chi connectivity index (χ3n) is 10.8. The molecule has 1 saturated heterocycles. The van der Waals surface area contributed by atoms with E-state index in [4.69, 9.17) is 29.5 Å². The van der Waals surface area contributed by atoms with Crippen LogP contribution >= 0.6 is 23.1 Å². The number of aryl methyl sites for hydroxylation is 1. The van der Waals surface area contributed by atoms with E-state index in [0.717, 1.165) is 16.8 Å². The van der Waals surface area contributed by atoms with E-state index >= 15 is 0 Å². The summed E-state index contributed by atoms with van der Waals surface area (Å²) in [5.74, 6) is -2.02. The summed E-state index contributed by atoms with van der Waals surface area (Å²) in [4.78, 5) is 83.3. The number of aromatic nitrogens is 4. The van der Waals surface area contributed by atoms with Crippen LogP contribution in [0.2, 0.25) is 0 Å². The van der Waals surface area contributed by atoms with Crippen molar-refractivity contribution in [2.45, 2.75) is 111 Å². The van der Waals surface area contributed by atoms with E-state index in [2.05, 4.69) is 19.7 Å². The monoisotopic (exact) mass is 981 g/mol. The molecule has 0 radical (unpaired) electrons. The second-order valence-electron chi connectivity index (χ2n) is 19.0. The van der Waals surface area contributed by atoms with Gasteiger partial charge in [-0.1, -0.05) is 41.6 Å². The molecule has 2 amide bonds. The minimum absolute atomic E-state index is 0.0506. The van der Waals surface area contributed by atoms with Gasteiger partial charge in [-0.05, 0) is 91.1 Å². The number of nitrogens with zero attached hydrogens (tertiary/aromatic N) is 7. The van der Waals surface area contributed by atoms with Crippen molar-refractivity contribution in [2.75, 3.05) is 12.9 Å². The minimum atomic E-state index is -1.55. The Hall–Kier alpha value is -6.80. The molecule has 0 bridgehead atoms. The number of aliphatic imine (C=N–C) groups is 1. The zero-order valence-electron chi connectivity index (χ0n) is 40.3. The Labute approximate surface area is 408 Å². The summed E-state index contributed by atoms with van der Waals surface area (Å²) in [6.45, 7) is 15.9. The highest BCUT2D eigenvalue weighted by Crippen LogP contribution is 2.46. The molecule has 2 aliphatic rings. The van der Waals surface area contributed by atoms with Gasteiger partial charge in [-0.3, -0.25) is 14.5 Å². The van der Waals surface area contributed by atoms with Crippen LogP contribution in [0.4, 0.5) is 4.79 Å². The van der Waals surface area contributed by atoms with Gasteiger partial charge < -0.3 is 29.5 Å². The number of fused-ring (bicyclic) bond motifs is 2. The van der Waals surface area contributed by atoms with Crippen molar-refractivity contribution in [3.63, 3.8) is 0 Å². The van der Waals surface area contributed by atoms with Crippen LogP contribution in [0.1, 0.15) is 89.2 Å². The molecular weight excluding hydrogens is 925 g/mol. The lowest BCUT2D eigenvalue weighted by Crippen LogP contribution is -2.62. The molecule has 364 valence electrons. The number of amidine groups is 1. The maximum absolute atomic E-state index is 14.3. The van der Waals surface area contributed by atoms with Crippen LogP contribution in [0, 0.1) is 12.8 Å². The zero-order chi connectivity index (χ0) is 50.0. The maximum atomic E-state index is 14.3. The van der Waals surface area contributed by atoms with Crippen molar-refractivity contribution >= 4 is 70.0 Å². The van der Waals surface area contributed by atoms with E-state index in [-0.39, 0.29) is 42.5 Å². The fraction of sp³-hybridized carbons (Fsp3) is 0.408. The zero-order valence-corrected chi connectivity index (χ0v) is 41.9. The van der Waals surface area contributed by atoms with Gasteiger partial charge in [0.15, 0.2) is 17.7 Å². The average molecular weight is 982 g/mol. The Morgan fingerprint density at radius 3 is 2.23 bits per heavy atom. The molecule has 7 rings (SSSR count). The number of oxime groups is 1. The van der Waals surface area contributed by atoms with Gasteiger partial charge in [-0.2, -0.15) is 4.99 Å². The highest BCUT2D eigenvalue weighted by atomic mass is 32.2. The highest BCUT2D eigenvalue weighted by molar-refractivity contribution is 8.00. The van der Waals surface area contributed by atoms with Gasteiger partial charge in [0.25, 0.3) is 0 Å². The summed E-state index contributed by atoms with van der Waals surface area (Å²) in [5.41, 5.74) is 7.11. The van der Waals surface area contributed by atoms with Gasteiger partial charge in [0.05, 0.1) is 42.2 Å². The number of ketones is 1. The van der Waals surface area contributed by atoms with Crippen molar-refractivity contribution < 1.29 is 52.3 Å². The number of β-lactam (4-membered cyclic amide) rings is 1. The van der Waals surface area contributed by atoms with Gasteiger partial charge in [0, 0.05) is 23.1 Å². The molecule has 0 aliphatic carbocycles. The number of methoxy groups -OCH3 is 1. The molecule has 2 N–H and O–H groups in total. The first kappa shape index (κ1) is 50.1. The quantitative estimate of drug-likeness (QED) is 0.0213. The summed E-state index contributed by atoms with van der Waals surface area (Å²) in [6.07, 6.45) is 4.74. The molecule has 5 heterocycles. The first-order chi connectivity index (χ1) is 32.5. The van der Waals surface area contributed by atoms with E-state index in [1.54, 1.807) is 97.4 Å². The van der Waals surface area contributed by atoms with Crippen LogP contribution in [-0.4, -0.2) is 95.4 Å². The molecule has 18 nitrogen and oxygen atoms in total. The Bertz CT molecular complexity index is 2860. The standard InChI is InChI=1S/C49H56N8O10S2/c1-29-51-36(28-68-29)39(53-67-49(8,9)45(61)65-47(2,3)4)37(58)23-35-42(59)57-40(44(60)64-26-31-13-17-34(63-10)18-14-31)33(27-69-43(35)57)25-55-20-19-38-54(21-22-56(38)55)24-30-11-15-32(16-12-30)41(50)52-46(62)66-48(5,6)7/h11-22,28,35,43H,23-27H2,1-10H3,(H-,50,52,62)/p+1/b53-39-/t35-,43-/m1/s1. The number of amides is 2. The number of rotatable bonds is 16. The van der Waals surface area contributed by atoms with Crippen molar-refractivity contribution in [1.82, 2.24) is 19.1 Å². The number of carbonyl (C=O) groups is 5. The van der Waals surface area contributed by atoms with Crippen LogP contribution in [0.25, 0.3) is 5.65 Å². The average Bonchev–Trinajstić information content (AvgIpc) is 4.01. The van der Waals surface area contributed by atoms with Crippen molar-refractivity contribution in [1.29, 1.82) is 0 Å². The van der Waals surface area contributed by atoms with E-state index in [9.17, 15) is 24.0 Å². The number of esters is 2. The first-order valence-corrected chi connectivity index (χ1v) is 24.1.